The quantitative estimate of drug-likeness (QED) is 0.0548. The van der Waals surface area contributed by atoms with Gasteiger partial charge >= 0.3 is 170 Å². The van der Waals surface area contributed by atoms with Gasteiger partial charge in [0.1, 0.15) is 0 Å². The number of carbonyl (C=O) groups excluding carboxylic acids is 1. The summed E-state index contributed by atoms with van der Waals surface area (Å²) in [6.45, 7) is 21.4. The van der Waals surface area contributed by atoms with E-state index in [1.54, 1.807) is 12.1 Å². The molecule has 4 aromatic carbocycles. The number of rotatable bonds is 9. The Bertz CT molecular complexity index is 1800. The number of esters is 1. The number of nitro benzene ring substituents is 1. The minimum atomic E-state index is -2.30. The van der Waals surface area contributed by atoms with E-state index in [1.165, 1.54) is 67.6 Å². The number of ether oxygens (including phenoxy) is 2. The Hall–Kier alpha value is -3.78. The van der Waals surface area contributed by atoms with Gasteiger partial charge in [0.05, 0.1) is 0 Å². The molecule has 11 heteroatoms. The standard InChI is InChI=1S/C21H27N2.C18H17NO5.2ClH.Ru/c1-14-9-16(3)20(17(4)10-14)22-7-8-23(13-22)21-18(5)11-15(2)12-19(21)6;1-12(2)24-17-7-5-4-6-14(17)11-23-18(20)16-9-8-15(19(21)22)10-13(16)3;;;/h9-13H,7-8H2,1-6H3;3-10,12H,11H2,1-2H3;2*1H;/q-1;;;;+2/p-2. The molecule has 4 aromatic rings. The Balaban J connectivity index is 0.000000227. The number of benzene rings is 4. The molecule has 1 saturated heterocycles. The molecule has 1 heterocycles. The summed E-state index contributed by atoms with van der Waals surface area (Å²) < 4.78 is 12.6. The summed E-state index contributed by atoms with van der Waals surface area (Å²) in [5.41, 5.74) is 11.9. The van der Waals surface area contributed by atoms with Crippen molar-refractivity contribution in [1.29, 1.82) is 0 Å². The third kappa shape index (κ3) is 10.1. The van der Waals surface area contributed by atoms with E-state index < -0.39 is 24.4 Å². The van der Waals surface area contributed by atoms with Crippen LogP contribution in [0.4, 0.5) is 17.1 Å². The molecule has 1 fully saturated rings. The van der Waals surface area contributed by atoms with Crippen molar-refractivity contribution in [2.75, 3.05) is 22.9 Å². The Kier molecular flexibility index (Phi) is 13.6. The summed E-state index contributed by atoms with van der Waals surface area (Å²) in [4.78, 5) is 27.7. The Morgan fingerprint density at radius 1 is 0.880 bits per heavy atom. The number of hydrogen-bond acceptors (Lipinski definition) is 7. The van der Waals surface area contributed by atoms with Crippen LogP contribution in [0.25, 0.3) is 0 Å². The van der Waals surface area contributed by atoms with Crippen LogP contribution in [0.15, 0.2) is 66.7 Å². The van der Waals surface area contributed by atoms with Crippen LogP contribution < -0.4 is 14.5 Å². The molecular formula is C39H44Cl2N3O5Ru-. The number of anilines is 2. The summed E-state index contributed by atoms with van der Waals surface area (Å²) in [5, 5.41) is 11.0. The molecule has 0 spiro atoms. The van der Waals surface area contributed by atoms with E-state index in [4.69, 9.17) is 28.9 Å². The van der Waals surface area contributed by atoms with Crippen molar-refractivity contribution in [3.05, 3.63) is 134 Å². The number of carbonyl (C=O) groups is 1. The zero-order chi connectivity index (χ0) is 36.7. The smallest absolute Gasteiger partial charge is 0.0146 e. The molecule has 0 aromatic heterocycles. The van der Waals surface area contributed by atoms with Crippen molar-refractivity contribution >= 4 is 47.0 Å². The van der Waals surface area contributed by atoms with Gasteiger partial charge in [-0.3, -0.25) is 0 Å². The summed E-state index contributed by atoms with van der Waals surface area (Å²) in [6.07, 6.45) is -0.0211. The van der Waals surface area contributed by atoms with Crippen LogP contribution >= 0.6 is 19.4 Å². The van der Waals surface area contributed by atoms with E-state index in [9.17, 15) is 14.9 Å². The second kappa shape index (κ2) is 17.4. The Morgan fingerprint density at radius 3 is 1.88 bits per heavy atom. The minimum Gasteiger partial charge on any atom is -0.502 e. The third-order valence-electron chi connectivity index (χ3n) is 8.05. The fourth-order valence-electron chi connectivity index (χ4n) is 6.32. The maximum absolute atomic E-state index is 12.5. The van der Waals surface area contributed by atoms with Gasteiger partial charge in [-0.05, 0) is 63.8 Å². The molecular weight excluding hydrogens is 762 g/mol. The molecule has 0 saturated carbocycles. The molecule has 5 rings (SSSR count). The number of aryl methyl sites for hydroxylation is 6. The molecule has 1 aliphatic heterocycles. The molecule has 1 aliphatic rings. The van der Waals surface area contributed by atoms with E-state index >= 15 is 0 Å². The third-order valence-corrected chi connectivity index (χ3v) is 9.89. The van der Waals surface area contributed by atoms with Gasteiger partial charge in [0.15, 0.2) is 0 Å². The van der Waals surface area contributed by atoms with Crippen LogP contribution in [0.3, 0.4) is 0 Å². The van der Waals surface area contributed by atoms with Crippen LogP contribution in [-0.4, -0.2) is 34.7 Å². The summed E-state index contributed by atoms with van der Waals surface area (Å²) in [5.74, 6) is 0.00394. The largest absolute Gasteiger partial charge is 0.502 e. The molecule has 0 aliphatic carbocycles. The summed E-state index contributed by atoms with van der Waals surface area (Å²) in [6, 6.07) is 20.2. The number of hydrogen-bond donors (Lipinski definition) is 0. The number of para-hydroxylation sites is 1. The first-order valence-corrected chi connectivity index (χ1v) is 21.7. The predicted octanol–water partition coefficient (Wildman–Crippen LogP) is 9.80. The Labute approximate surface area is 308 Å². The van der Waals surface area contributed by atoms with Crippen molar-refractivity contribution in [2.45, 2.75) is 68.1 Å². The van der Waals surface area contributed by atoms with Gasteiger partial charge in [-0.15, -0.1) is 0 Å². The molecule has 0 atom stereocenters. The van der Waals surface area contributed by atoms with Gasteiger partial charge in [0, 0.05) is 24.5 Å². The monoisotopic (exact) mass is 806 g/mol. The zero-order valence-electron chi connectivity index (χ0n) is 29.7. The van der Waals surface area contributed by atoms with Crippen LogP contribution in [0, 0.1) is 58.3 Å². The van der Waals surface area contributed by atoms with Crippen LogP contribution in [0.5, 0.6) is 5.75 Å². The summed E-state index contributed by atoms with van der Waals surface area (Å²) >= 11 is -2.30. The van der Waals surface area contributed by atoms with Gasteiger partial charge < -0.3 is 9.80 Å². The van der Waals surface area contributed by atoms with Gasteiger partial charge in [-0.25, -0.2) is 0 Å². The SMILES string of the molecule is CC(C)Oc1ccccc1COC(=O)c1ccc([N+](=O)[O-])cc1[CH]=[Ru]([Cl])[Cl].Cc1cc(C)c(N2[CH-]N(c3c(C)cc(C)cc3C)CC2)c(C)c1. The van der Waals surface area contributed by atoms with Crippen LogP contribution in [0.1, 0.15) is 68.7 Å². The van der Waals surface area contributed by atoms with Crippen LogP contribution in [0.2, 0.25) is 0 Å². The molecule has 8 nitrogen and oxygen atoms in total. The first kappa shape index (κ1) is 39.0. The first-order valence-electron chi connectivity index (χ1n) is 16.2. The molecule has 0 unspecified atom stereocenters. The fraction of sp³-hybridized carbons (Fsp3) is 0.308. The second-order valence-corrected chi connectivity index (χ2v) is 18.4. The number of nitro groups is 1. The number of nitrogens with zero attached hydrogens (tertiary/aromatic N) is 3. The van der Waals surface area contributed by atoms with Crippen molar-refractivity contribution in [1.82, 2.24) is 0 Å². The van der Waals surface area contributed by atoms with E-state index in [1.807, 2.05) is 26.0 Å². The molecule has 0 radical (unpaired) electrons. The van der Waals surface area contributed by atoms with Crippen LogP contribution in [-0.2, 0) is 24.9 Å². The predicted molar refractivity (Wildman–Crippen MR) is 202 cm³/mol. The van der Waals surface area contributed by atoms with E-state index in [0.29, 0.717) is 16.9 Å². The van der Waals surface area contributed by atoms with Crippen molar-refractivity contribution < 1.29 is 32.7 Å². The van der Waals surface area contributed by atoms with Crippen molar-refractivity contribution in [2.24, 2.45) is 0 Å². The topological polar surface area (TPSA) is 85.1 Å². The molecule has 0 bridgehead atoms. The molecule has 0 N–H and O–H groups in total. The Morgan fingerprint density at radius 2 is 1.40 bits per heavy atom. The van der Waals surface area contributed by atoms with Crippen molar-refractivity contribution in [3.63, 3.8) is 0 Å². The normalized spacial score (nSPS) is 12.7. The van der Waals surface area contributed by atoms with Gasteiger partial charge in [-0.1, -0.05) is 35.4 Å². The maximum atomic E-state index is 12.5. The van der Waals surface area contributed by atoms with Gasteiger partial charge in [0.25, 0.3) is 0 Å². The van der Waals surface area contributed by atoms with Gasteiger partial charge in [0.2, 0.25) is 0 Å². The molecule has 0 amide bonds. The van der Waals surface area contributed by atoms with Crippen molar-refractivity contribution in [3.8, 4) is 5.75 Å². The fourth-order valence-corrected chi connectivity index (χ4v) is 8.13. The average Bonchev–Trinajstić information content (AvgIpc) is 3.48. The second-order valence-electron chi connectivity index (χ2n) is 12.7. The maximum Gasteiger partial charge on any atom is 0.0146 e. The minimum absolute atomic E-state index is 0.00112. The van der Waals surface area contributed by atoms with Gasteiger partial charge in [-0.2, -0.15) is 6.67 Å². The van der Waals surface area contributed by atoms with E-state index in [-0.39, 0.29) is 24.0 Å². The van der Waals surface area contributed by atoms with E-state index in [0.717, 1.165) is 13.1 Å². The molecule has 268 valence electrons. The summed E-state index contributed by atoms with van der Waals surface area (Å²) in [7, 11) is 11.8. The molecule has 50 heavy (non-hydrogen) atoms. The average molecular weight is 807 g/mol. The zero-order valence-corrected chi connectivity index (χ0v) is 32.9. The number of halogens is 2. The first-order chi connectivity index (χ1) is 23.6. The van der Waals surface area contributed by atoms with E-state index in [2.05, 4.69) is 82.3 Å². The number of non-ortho nitro benzene ring substituents is 1.